The van der Waals surface area contributed by atoms with Gasteiger partial charge in [0.05, 0.1) is 6.61 Å². The number of carbonyl (C=O) groups is 1. The summed E-state index contributed by atoms with van der Waals surface area (Å²) in [5.74, 6) is 0.00920. The molecule has 0 spiro atoms. The molecule has 0 aliphatic heterocycles. The van der Waals surface area contributed by atoms with Crippen LogP contribution >= 0.6 is 12.4 Å². The van der Waals surface area contributed by atoms with Gasteiger partial charge in [-0.2, -0.15) is 4.31 Å². The Morgan fingerprint density at radius 1 is 1.28 bits per heavy atom. The number of nitrogens with zero attached hydrogens (tertiary/aromatic N) is 1. The lowest BCUT2D eigenvalue weighted by molar-refractivity contribution is -0.116. The number of nitrogens with two attached hydrogens (primary N) is 1. The number of carbonyl (C=O) groups excluding carboxylic acids is 1. The third-order valence-electron chi connectivity index (χ3n) is 3.36. The maximum Gasteiger partial charge on any atom is 0.246 e. The Kier molecular flexibility index (Phi) is 10.0. The fraction of sp³-hybridized carbons (Fsp3) is 0.562. The molecule has 1 unspecified atom stereocenters. The molecular weight excluding hydrogens is 366 g/mol. The topological polar surface area (TPSA) is 102 Å². The highest BCUT2D eigenvalue weighted by Crippen LogP contribution is 2.30. The van der Waals surface area contributed by atoms with E-state index in [-0.39, 0.29) is 41.4 Å². The van der Waals surface area contributed by atoms with Gasteiger partial charge in [0, 0.05) is 31.2 Å². The lowest BCUT2D eigenvalue weighted by Gasteiger charge is -2.21. The molecule has 1 rings (SSSR count). The summed E-state index contributed by atoms with van der Waals surface area (Å²) < 4.78 is 32.4. The number of nitrogens with one attached hydrogen (secondary N) is 1. The van der Waals surface area contributed by atoms with Crippen molar-refractivity contribution in [3.63, 3.8) is 0 Å². The van der Waals surface area contributed by atoms with Gasteiger partial charge in [-0.25, -0.2) is 8.42 Å². The second-order valence-corrected chi connectivity index (χ2v) is 7.32. The Morgan fingerprint density at radius 2 is 1.88 bits per heavy atom. The summed E-state index contributed by atoms with van der Waals surface area (Å²) in [5, 5.41) is 2.67. The van der Waals surface area contributed by atoms with Crippen LogP contribution in [0.2, 0.25) is 0 Å². The number of rotatable bonds is 9. The quantitative estimate of drug-likeness (QED) is 0.669. The van der Waals surface area contributed by atoms with Gasteiger partial charge in [-0.3, -0.25) is 4.79 Å². The van der Waals surface area contributed by atoms with Crippen molar-refractivity contribution in [1.82, 2.24) is 4.31 Å². The van der Waals surface area contributed by atoms with E-state index in [1.54, 1.807) is 39.8 Å². The average molecular weight is 394 g/mol. The molecule has 0 radical (unpaired) electrons. The number of benzene rings is 1. The van der Waals surface area contributed by atoms with Crippen molar-refractivity contribution in [3.8, 4) is 5.75 Å². The van der Waals surface area contributed by atoms with Crippen LogP contribution < -0.4 is 15.8 Å². The first-order valence-corrected chi connectivity index (χ1v) is 9.52. The molecule has 0 aliphatic carbocycles. The van der Waals surface area contributed by atoms with E-state index in [0.717, 1.165) is 0 Å². The number of sulfonamides is 1. The van der Waals surface area contributed by atoms with Gasteiger partial charge in [0.2, 0.25) is 15.9 Å². The van der Waals surface area contributed by atoms with E-state index in [4.69, 9.17) is 10.5 Å². The van der Waals surface area contributed by atoms with Gasteiger partial charge in [-0.1, -0.05) is 13.8 Å². The second kappa shape index (κ2) is 10.6. The standard InChI is InChI=1S/C16H27N3O4S.ClH/c1-5-19(6-2)24(21,22)15-11-13(8-9-14(15)23-7-3)18-16(20)10-12(4)17;/h8-9,11-12H,5-7,10,17H2,1-4H3,(H,18,20);1H. The van der Waals surface area contributed by atoms with E-state index in [1.165, 1.54) is 10.4 Å². The largest absolute Gasteiger partial charge is 0.492 e. The average Bonchev–Trinajstić information content (AvgIpc) is 2.49. The van der Waals surface area contributed by atoms with Crippen molar-refractivity contribution in [1.29, 1.82) is 0 Å². The molecule has 0 heterocycles. The summed E-state index contributed by atoms with van der Waals surface area (Å²) >= 11 is 0. The van der Waals surface area contributed by atoms with Crippen LogP contribution in [0, 0.1) is 0 Å². The third kappa shape index (κ3) is 6.47. The predicted octanol–water partition coefficient (Wildman–Crippen LogP) is 2.21. The molecule has 0 saturated carbocycles. The first kappa shape index (κ1) is 23.6. The summed E-state index contributed by atoms with van der Waals surface area (Å²) in [6, 6.07) is 4.33. The molecule has 1 aromatic rings. The minimum atomic E-state index is -3.70. The van der Waals surface area contributed by atoms with Crippen molar-refractivity contribution in [2.75, 3.05) is 25.0 Å². The number of halogens is 1. The molecule has 0 fully saturated rings. The summed E-state index contributed by atoms with van der Waals surface area (Å²) in [5.41, 5.74) is 6.00. The maximum atomic E-state index is 12.8. The van der Waals surface area contributed by atoms with Crippen molar-refractivity contribution in [2.24, 2.45) is 5.73 Å². The zero-order chi connectivity index (χ0) is 18.3. The number of ether oxygens (including phenoxy) is 1. The first-order valence-electron chi connectivity index (χ1n) is 8.08. The zero-order valence-corrected chi connectivity index (χ0v) is 16.7. The van der Waals surface area contributed by atoms with E-state index >= 15 is 0 Å². The van der Waals surface area contributed by atoms with Gasteiger partial charge < -0.3 is 15.8 Å². The number of hydrogen-bond donors (Lipinski definition) is 2. The van der Waals surface area contributed by atoms with E-state index in [9.17, 15) is 13.2 Å². The molecule has 0 saturated heterocycles. The Labute approximate surface area is 156 Å². The summed E-state index contributed by atoms with van der Waals surface area (Å²) in [6.07, 6.45) is 0.158. The first-order chi connectivity index (χ1) is 11.3. The van der Waals surface area contributed by atoms with Gasteiger partial charge in [0.15, 0.2) is 0 Å². The van der Waals surface area contributed by atoms with Crippen LogP contribution in [0.15, 0.2) is 23.1 Å². The minimum absolute atomic E-state index is 0. The van der Waals surface area contributed by atoms with Crippen LogP contribution in [0.3, 0.4) is 0 Å². The van der Waals surface area contributed by atoms with Gasteiger partial charge in [-0.05, 0) is 32.0 Å². The van der Waals surface area contributed by atoms with Crippen LogP contribution in [-0.2, 0) is 14.8 Å². The minimum Gasteiger partial charge on any atom is -0.492 e. The van der Waals surface area contributed by atoms with E-state index < -0.39 is 10.0 Å². The van der Waals surface area contributed by atoms with E-state index in [2.05, 4.69) is 5.32 Å². The van der Waals surface area contributed by atoms with Crippen molar-refractivity contribution < 1.29 is 17.9 Å². The normalized spacial score (nSPS) is 12.4. The van der Waals surface area contributed by atoms with E-state index in [0.29, 0.717) is 25.4 Å². The summed E-state index contributed by atoms with van der Waals surface area (Å²) in [4.78, 5) is 11.9. The van der Waals surface area contributed by atoms with Crippen molar-refractivity contribution in [3.05, 3.63) is 18.2 Å². The Bertz CT molecular complexity index is 661. The van der Waals surface area contributed by atoms with Crippen LogP contribution in [-0.4, -0.2) is 44.4 Å². The fourth-order valence-corrected chi connectivity index (χ4v) is 3.88. The highest BCUT2D eigenvalue weighted by atomic mass is 35.5. The van der Waals surface area contributed by atoms with Gasteiger partial charge in [0.25, 0.3) is 0 Å². The predicted molar refractivity (Wildman–Crippen MR) is 102 cm³/mol. The molecule has 144 valence electrons. The molecule has 0 aliphatic rings. The van der Waals surface area contributed by atoms with Crippen molar-refractivity contribution >= 4 is 34.0 Å². The van der Waals surface area contributed by atoms with E-state index in [1.807, 2.05) is 0 Å². The Balaban J connectivity index is 0.00000576. The molecule has 25 heavy (non-hydrogen) atoms. The molecule has 0 bridgehead atoms. The summed E-state index contributed by atoms with van der Waals surface area (Å²) in [6.45, 7) is 8.11. The van der Waals surface area contributed by atoms with Gasteiger partial charge in [0.1, 0.15) is 10.6 Å². The summed E-state index contributed by atoms with van der Waals surface area (Å²) in [7, 11) is -3.70. The molecular formula is C16H28ClN3O4S. The lowest BCUT2D eigenvalue weighted by Crippen LogP contribution is -2.31. The van der Waals surface area contributed by atoms with Crippen molar-refractivity contribution in [2.45, 2.75) is 45.1 Å². The number of hydrogen-bond acceptors (Lipinski definition) is 5. The Morgan fingerprint density at radius 3 is 2.36 bits per heavy atom. The fourth-order valence-electron chi connectivity index (χ4n) is 2.27. The molecule has 9 heteroatoms. The third-order valence-corrected chi connectivity index (χ3v) is 5.43. The maximum absolute atomic E-state index is 12.8. The zero-order valence-electron chi connectivity index (χ0n) is 15.1. The second-order valence-electron chi connectivity index (χ2n) is 5.41. The molecule has 1 aromatic carbocycles. The van der Waals surface area contributed by atoms with Crippen LogP contribution in [0.25, 0.3) is 0 Å². The van der Waals surface area contributed by atoms with Gasteiger partial charge in [-0.15, -0.1) is 12.4 Å². The highest BCUT2D eigenvalue weighted by molar-refractivity contribution is 7.89. The monoisotopic (exact) mass is 393 g/mol. The molecule has 1 atom stereocenters. The molecule has 1 amide bonds. The number of amides is 1. The Hall–Kier alpha value is -1.35. The highest BCUT2D eigenvalue weighted by Gasteiger charge is 2.26. The lowest BCUT2D eigenvalue weighted by atomic mass is 10.2. The molecule has 7 nitrogen and oxygen atoms in total. The SMILES string of the molecule is CCOc1ccc(NC(=O)CC(C)N)cc1S(=O)(=O)N(CC)CC.Cl. The smallest absolute Gasteiger partial charge is 0.246 e. The van der Waals surface area contributed by atoms with Crippen LogP contribution in [0.5, 0.6) is 5.75 Å². The number of anilines is 1. The van der Waals surface area contributed by atoms with Crippen LogP contribution in [0.1, 0.15) is 34.1 Å². The molecule has 3 N–H and O–H groups in total. The van der Waals surface area contributed by atoms with Crippen LogP contribution in [0.4, 0.5) is 5.69 Å². The van der Waals surface area contributed by atoms with Gasteiger partial charge >= 0.3 is 0 Å². The molecule has 0 aromatic heterocycles.